The molecule has 4 nitrogen and oxygen atoms in total. The Morgan fingerprint density at radius 3 is 2.42 bits per heavy atom. The van der Waals surface area contributed by atoms with Gasteiger partial charge in [-0.05, 0) is 68.6 Å². The van der Waals surface area contributed by atoms with Crippen LogP contribution in [0.3, 0.4) is 0 Å². The van der Waals surface area contributed by atoms with Gasteiger partial charge in [0.05, 0.1) is 17.9 Å². The number of amides is 1. The number of carbonyl (C=O) groups excluding carboxylic acids is 1. The van der Waals surface area contributed by atoms with Crippen LogP contribution in [0.25, 0.3) is 0 Å². The molecule has 2 N–H and O–H groups in total. The highest BCUT2D eigenvalue weighted by molar-refractivity contribution is 6.31. The van der Waals surface area contributed by atoms with E-state index in [0.29, 0.717) is 38.0 Å². The minimum Gasteiger partial charge on any atom is -0.388 e. The van der Waals surface area contributed by atoms with Gasteiger partial charge in [0.25, 0.3) is 0 Å². The zero-order chi connectivity index (χ0) is 23.8. The van der Waals surface area contributed by atoms with E-state index >= 15 is 0 Å². The van der Waals surface area contributed by atoms with Crippen LogP contribution in [0.1, 0.15) is 42.9 Å². The largest absolute Gasteiger partial charge is 0.393 e. The molecule has 2 aromatic rings. The fourth-order valence-corrected chi connectivity index (χ4v) is 5.39. The molecule has 9 heteroatoms. The molecule has 178 valence electrons. The molecule has 2 saturated heterocycles. The van der Waals surface area contributed by atoms with Crippen molar-refractivity contribution in [3.63, 3.8) is 0 Å². The first-order chi connectivity index (χ1) is 15.6. The van der Waals surface area contributed by atoms with Crippen LogP contribution in [0, 0.1) is 11.2 Å². The fraction of sp³-hybridized carbons (Fsp3) is 0.458. The number of benzene rings is 2. The molecule has 2 aliphatic rings. The SMILES string of the molecule is O=C1N(c2ccc(CC(F)(F)F)cc2)C(CC(O)c2c(F)cccc2Cl)CC12CCNCC2. The molecule has 0 radical (unpaired) electrons. The van der Waals surface area contributed by atoms with E-state index in [-0.39, 0.29) is 28.5 Å². The number of alkyl halides is 3. The second-order valence-electron chi connectivity index (χ2n) is 8.91. The van der Waals surface area contributed by atoms with Crippen LogP contribution in [-0.4, -0.2) is 36.3 Å². The predicted molar refractivity (Wildman–Crippen MR) is 118 cm³/mol. The highest BCUT2D eigenvalue weighted by atomic mass is 35.5. The summed E-state index contributed by atoms with van der Waals surface area (Å²) in [6.07, 6.45) is -4.82. The Balaban J connectivity index is 1.64. The maximum atomic E-state index is 14.4. The van der Waals surface area contributed by atoms with E-state index in [1.807, 2.05) is 0 Å². The topological polar surface area (TPSA) is 52.6 Å². The van der Waals surface area contributed by atoms with Gasteiger partial charge in [-0.2, -0.15) is 13.2 Å². The van der Waals surface area contributed by atoms with E-state index in [0.717, 1.165) is 0 Å². The Bertz CT molecular complexity index is 986. The van der Waals surface area contributed by atoms with Crippen molar-refractivity contribution in [3.05, 3.63) is 64.4 Å². The van der Waals surface area contributed by atoms with Crippen LogP contribution in [0.2, 0.25) is 5.02 Å². The van der Waals surface area contributed by atoms with Crippen LogP contribution >= 0.6 is 11.6 Å². The number of nitrogens with one attached hydrogen (secondary N) is 1. The smallest absolute Gasteiger partial charge is 0.388 e. The number of anilines is 1. The Labute approximate surface area is 194 Å². The summed E-state index contributed by atoms with van der Waals surface area (Å²) in [5, 5.41) is 14.2. The average Bonchev–Trinajstić information content (AvgIpc) is 2.98. The number of rotatable bonds is 5. The number of nitrogens with zero attached hydrogens (tertiary/aromatic N) is 1. The summed E-state index contributed by atoms with van der Waals surface area (Å²) in [7, 11) is 0. The molecule has 2 unspecified atom stereocenters. The molecule has 2 aromatic carbocycles. The number of aliphatic hydroxyl groups is 1. The van der Waals surface area contributed by atoms with Crippen LogP contribution < -0.4 is 10.2 Å². The van der Waals surface area contributed by atoms with E-state index < -0.39 is 36.0 Å². The summed E-state index contributed by atoms with van der Waals surface area (Å²) >= 11 is 6.12. The van der Waals surface area contributed by atoms with E-state index in [9.17, 15) is 27.5 Å². The van der Waals surface area contributed by atoms with Crippen LogP contribution in [0.4, 0.5) is 23.2 Å². The molecular weight excluding hydrogens is 460 g/mol. The van der Waals surface area contributed by atoms with Crippen molar-refractivity contribution >= 4 is 23.2 Å². The third kappa shape index (κ3) is 5.03. The van der Waals surface area contributed by atoms with Gasteiger partial charge >= 0.3 is 6.18 Å². The summed E-state index contributed by atoms with van der Waals surface area (Å²) in [5.74, 6) is -0.733. The molecule has 2 aliphatic heterocycles. The maximum Gasteiger partial charge on any atom is 0.393 e. The Hall–Kier alpha value is -2.16. The number of piperidine rings is 1. The maximum absolute atomic E-state index is 14.4. The molecule has 0 saturated carbocycles. The van der Waals surface area contributed by atoms with Crippen molar-refractivity contribution in [3.8, 4) is 0 Å². The monoisotopic (exact) mass is 484 g/mol. The first kappa shape index (κ1) is 24.0. The number of carbonyl (C=O) groups is 1. The first-order valence-electron chi connectivity index (χ1n) is 10.9. The van der Waals surface area contributed by atoms with E-state index in [1.54, 1.807) is 4.90 Å². The van der Waals surface area contributed by atoms with E-state index in [2.05, 4.69) is 5.32 Å². The molecular formula is C24H25ClF4N2O2. The van der Waals surface area contributed by atoms with Crippen LogP contribution in [0.15, 0.2) is 42.5 Å². The zero-order valence-corrected chi connectivity index (χ0v) is 18.6. The summed E-state index contributed by atoms with van der Waals surface area (Å²) in [4.78, 5) is 15.2. The molecule has 0 aliphatic carbocycles. The Kier molecular flexibility index (Phi) is 6.71. The number of hydrogen-bond donors (Lipinski definition) is 2. The lowest BCUT2D eigenvalue weighted by Crippen LogP contribution is -2.43. The minimum absolute atomic E-state index is 0.0154. The van der Waals surface area contributed by atoms with E-state index in [4.69, 9.17) is 11.6 Å². The quantitative estimate of drug-likeness (QED) is 0.575. The van der Waals surface area contributed by atoms with Crippen molar-refractivity contribution < 1.29 is 27.5 Å². The molecule has 0 bridgehead atoms. The second-order valence-corrected chi connectivity index (χ2v) is 9.32. The lowest BCUT2D eigenvalue weighted by Gasteiger charge is -2.32. The number of hydrogen-bond acceptors (Lipinski definition) is 3. The first-order valence-corrected chi connectivity index (χ1v) is 11.3. The van der Waals surface area contributed by atoms with Gasteiger partial charge in [0.15, 0.2) is 0 Å². The molecule has 2 heterocycles. The molecule has 0 aromatic heterocycles. The third-order valence-electron chi connectivity index (χ3n) is 6.67. The second kappa shape index (κ2) is 9.24. The lowest BCUT2D eigenvalue weighted by atomic mass is 9.76. The van der Waals surface area contributed by atoms with Gasteiger partial charge in [0, 0.05) is 22.3 Å². The molecule has 1 spiro atoms. The van der Waals surface area contributed by atoms with Crippen molar-refractivity contribution in [1.82, 2.24) is 5.32 Å². The Morgan fingerprint density at radius 2 is 1.82 bits per heavy atom. The molecule has 4 rings (SSSR count). The van der Waals surface area contributed by atoms with Crippen molar-refractivity contribution in [1.29, 1.82) is 0 Å². The standard InChI is InChI=1S/C24H25ClF4N2O2/c25-18-2-1-3-19(26)21(18)20(32)12-17-14-23(8-10-30-11-9-23)22(33)31(17)16-6-4-15(5-7-16)13-24(27,28)29/h1-7,17,20,30,32H,8-14H2. The lowest BCUT2D eigenvalue weighted by molar-refractivity contribution is -0.128. The highest BCUT2D eigenvalue weighted by Crippen LogP contribution is 2.47. The van der Waals surface area contributed by atoms with Crippen LogP contribution in [0.5, 0.6) is 0 Å². The van der Waals surface area contributed by atoms with Gasteiger partial charge in [-0.15, -0.1) is 0 Å². The van der Waals surface area contributed by atoms with Gasteiger partial charge in [-0.25, -0.2) is 4.39 Å². The van der Waals surface area contributed by atoms with Gasteiger partial charge in [-0.1, -0.05) is 29.8 Å². The molecule has 2 fully saturated rings. The molecule has 2 atom stereocenters. The number of aliphatic hydroxyl groups excluding tert-OH is 1. The molecule has 33 heavy (non-hydrogen) atoms. The molecule has 1 amide bonds. The van der Waals surface area contributed by atoms with Crippen molar-refractivity contribution in [2.45, 2.75) is 50.4 Å². The minimum atomic E-state index is -4.32. The third-order valence-corrected chi connectivity index (χ3v) is 7.00. The van der Waals surface area contributed by atoms with Gasteiger partial charge in [-0.3, -0.25) is 4.79 Å². The predicted octanol–water partition coefficient (Wildman–Crippen LogP) is 5.18. The zero-order valence-electron chi connectivity index (χ0n) is 17.8. The normalized spacial score (nSPS) is 21.6. The summed E-state index contributed by atoms with van der Waals surface area (Å²) in [6.45, 7) is 1.36. The van der Waals surface area contributed by atoms with Gasteiger partial charge in [0.1, 0.15) is 5.82 Å². The Morgan fingerprint density at radius 1 is 1.15 bits per heavy atom. The van der Waals surface area contributed by atoms with Gasteiger partial charge in [0.2, 0.25) is 5.91 Å². The average molecular weight is 485 g/mol. The summed E-state index contributed by atoms with van der Waals surface area (Å²) < 4.78 is 52.6. The van der Waals surface area contributed by atoms with Gasteiger partial charge < -0.3 is 15.3 Å². The highest BCUT2D eigenvalue weighted by Gasteiger charge is 2.52. The van der Waals surface area contributed by atoms with Crippen LogP contribution in [-0.2, 0) is 11.2 Å². The summed E-state index contributed by atoms with van der Waals surface area (Å²) in [6, 6.07) is 9.46. The van der Waals surface area contributed by atoms with E-state index in [1.165, 1.54) is 42.5 Å². The fourth-order valence-electron chi connectivity index (χ4n) is 5.10. The number of halogens is 5. The summed E-state index contributed by atoms with van der Waals surface area (Å²) in [5.41, 5.74) is -0.0556. The van der Waals surface area contributed by atoms with Crippen molar-refractivity contribution in [2.75, 3.05) is 18.0 Å². The van der Waals surface area contributed by atoms with Crippen molar-refractivity contribution in [2.24, 2.45) is 5.41 Å².